The average Bonchev–Trinajstić information content (AvgIpc) is 2.50. The smallest absolute Gasteiger partial charge is 0.228 e. The molecule has 3 N–H and O–H groups in total. The SMILES string of the molecule is Cc1ccc(N)cc1NC(=O)Cc1ccc(OCC(C)C)cc1.Cl. The monoisotopic (exact) mass is 348 g/mol. The van der Waals surface area contributed by atoms with Crippen molar-refractivity contribution < 1.29 is 9.53 Å². The fourth-order valence-corrected chi connectivity index (χ4v) is 2.12. The molecule has 0 unspecified atom stereocenters. The third kappa shape index (κ3) is 6.13. The fraction of sp³-hybridized carbons (Fsp3) is 0.316. The van der Waals surface area contributed by atoms with Crippen molar-refractivity contribution in [2.75, 3.05) is 17.7 Å². The highest BCUT2D eigenvalue weighted by atomic mass is 35.5. The Morgan fingerprint density at radius 2 is 1.83 bits per heavy atom. The normalized spacial score (nSPS) is 10.2. The summed E-state index contributed by atoms with van der Waals surface area (Å²) in [4.78, 5) is 12.2. The van der Waals surface area contributed by atoms with Crippen LogP contribution in [0.15, 0.2) is 42.5 Å². The second-order valence-corrected chi connectivity index (χ2v) is 6.15. The highest BCUT2D eigenvalue weighted by Crippen LogP contribution is 2.19. The summed E-state index contributed by atoms with van der Waals surface area (Å²) in [6.07, 6.45) is 0.318. The molecule has 0 aliphatic rings. The van der Waals surface area contributed by atoms with Gasteiger partial charge < -0.3 is 15.8 Å². The van der Waals surface area contributed by atoms with Gasteiger partial charge in [0.15, 0.2) is 0 Å². The Balaban J connectivity index is 0.00000288. The number of halogens is 1. The minimum atomic E-state index is -0.0606. The molecule has 0 spiro atoms. The Morgan fingerprint density at radius 1 is 1.17 bits per heavy atom. The van der Waals surface area contributed by atoms with Gasteiger partial charge in [0, 0.05) is 11.4 Å². The van der Waals surface area contributed by atoms with E-state index in [9.17, 15) is 4.79 Å². The van der Waals surface area contributed by atoms with Crippen molar-refractivity contribution in [3.63, 3.8) is 0 Å². The maximum Gasteiger partial charge on any atom is 0.228 e. The number of benzene rings is 2. The van der Waals surface area contributed by atoms with Gasteiger partial charge in [0.05, 0.1) is 13.0 Å². The number of rotatable bonds is 6. The van der Waals surface area contributed by atoms with Crippen molar-refractivity contribution in [2.45, 2.75) is 27.2 Å². The van der Waals surface area contributed by atoms with E-state index in [0.717, 1.165) is 22.6 Å². The highest BCUT2D eigenvalue weighted by Gasteiger charge is 2.07. The van der Waals surface area contributed by atoms with Crippen molar-refractivity contribution in [3.05, 3.63) is 53.6 Å². The number of nitrogens with one attached hydrogen (secondary N) is 1. The first-order valence-electron chi connectivity index (χ1n) is 7.82. The van der Waals surface area contributed by atoms with Crippen LogP contribution >= 0.6 is 12.4 Å². The molecule has 2 rings (SSSR count). The molecule has 0 aliphatic heterocycles. The number of hydrogen-bond acceptors (Lipinski definition) is 3. The Hall–Kier alpha value is -2.20. The quantitative estimate of drug-likeness (QED) is 0.768. The minimum Gasteiger partial charge on any atom is -0.493 e. The summed E-state index contributed by atoms with van der Waals surface area (Å²) >= 11 is 0. The molecule has 0 aliphatic carbocycles. The van der Waals surface area contributed by atoms with Crippen LogP contribution < -0.4 is 15.8 Å². The number of carbonyl (C=O) groups excluding carboxylic acids is 1. The molecule has 0 fully saturated rings. The Labute approximate surface area is 149 Å². The zero-order valence-corrected chi connectivity index (χ0v) is 15.2. The van der Waals surface area contributed by atoms with E-state index in [-0.39, 0.29) is 18.3 Å². The molecule has 2 aromatic rings. The summed E-state index contributed by atoms with van der Waals surface area (Å²) in [5, 5.41) is 2.90. The standard InChI is InChI=1S/C19H24N2O2.ClH/c1-13(2)12-23-17-8-5-15(6-9-17)10-19(22)21-18-11-16(20)7-4-14(18)3;/h4-9,11,13H,10,12,20H2,1-3H3,(H,21,22);1H. The lowest BCUT2D eigenvalue weighted by molar-refractivity contribution is -0.115. The first kappa shape index (κ1) is 19.8. The predicted molar refractivity (Wildman–Crippen MR) is 102 cm³/mol. The van der Waals surface area contributed by atoms with Gasteiger partial charge in [-0.15, -0.1) is 12.4 Å². The van der Waals surface area contributed by atoms with Crippen LogP contribution in [0.25, 0.3) is 0 Å². The second kappa shape index (κ2) is 9.18. The third-order valence-corrected chi connectivity index (χ3v) is 3.41. The number of anilines is 2. The van der Waals surface area contributed by atoms with Gasteiger partial charge in [-0.05, 0) is 48.2 Å². The van der Waals surface area contributed by atoms with Gasteiger partial charge in [0.25, 0.3) is 0 Å². The lowest BCUT2D eigenvalue weighted by Gasteiger charge is -2.11. The molecule has 0 bridgehead atoms. The van der Waals surface area contributed by atoms with Crippen LogP contribution in [0, 0.1) is 12.8 Å². The van der Waals surface area contributed by atoms with Gasteiger partial charge >= 0.3 is 0 Å². The van der Waals surface area contributed by atoms with Gasteiger partial charge in [0.2, 0.25) is 5.91 Å². The summed E-state index contributed by atoms with van der Waals surface area (Å²) in [5.74, 6) is 1.26. The van der Waals surface area contributed by atoms with Crippen LogP contribution in [0.5, 0.6) is 5.75 Å². The minimum absolute atomic E-state index is 0. The van der Waals surface area contributed by atoms with E-state index in [0.29, 0.717) is 24.6 Å². The van der Waals surface area contributed by atoms with E-state index in [1.807, 2.05) is 43.3 Å². The van der Waals surface area contributed by atoms with E-state index in [1.165, 1.54) is 0 Å². The molecule has 0 radical (unpaired) electrons. The molecule has 0 aromatic heterocycles. The summed E-state index contributed by atoms with van der Waals surface area (Å²) in [7, 11) is 0. The van der Waals surface area contributed by atoms with Gasteiger partial charge in [-0.2, -0.15) is 0 Å². The highest BCUT2D eigenvalue weighted by molar-refractivity contribution is 5.93. The van der Waals surface area contributed by atoms with E-state index in [1.54, 1.807) is 6.07 Å². The number of carbonyl (C=O) groups is 1. The maximum absolute atomic E-state index is 12.2. The van der Waals surface area contributed by atoms with Crippen molar-refractivity contribution in [1.82, 2.24) is 0 Å². The van der Waals surface area contributed by atoms with E-state index < -0.39 is 0 Å². The molecule has 4 nitrogen and oxygen atoms in total. The Morgan fingerprint density at radius 3 is 2.46 bits per heavy atom. The van der Waals surface area contributed by atoms with E-state index in [2.05, 4.69) is 19.2 Å². The molecule has 5 heteroatoms. The number of aryl methyl sites for hydroxylation is 1. The first-order valence-corrected chi connectivity index (χ1v) is 7.82. The zero-order chi connectivity index (χ0) is 16.8. The second-order valence-electron chi connectivity index (χ2n) is 6.15. The van der Waals surface area contributed by atoms with Crippen LogP contribution in [0.3, 0.4) is 0 Å². The zero-order valence-electron chi connectivity index (χ0n) is 14.3. The maximum atomic E-state index is 12.2. The van der Waals surface area contributed by atoms with Crippen molar-refractivity contribution >= 4 is 29.7 Å². The summed E-state index contributed by atoms with van der Waals surface area (Å²) in [5.41, 5.74) is 9.09. The fourth-order valence-electron chi connectivity index (χ4n) is 2.12. The lowest BCUT2D eigenvalue weighted by Crippen LogP contribution is -2.15. The number of nitrogens with two attached hydrogens (primary N) is 1. The predicted octanol–water partition coefficient (Wildman–Crippen LogP) is 4.22. The van der Waals surface area contributed by atoms with Gasteiger partial charge in [-0.1, -0.05) is 32.0 Å². The molecule has 1 amide bonds. The Kier molecular flexibility index (Phi) is 7.59. The van der Waals surface area contributed by atoms with Crippen LogP contribution in [0.2, 0.25) is 0 Å². The van der Waals surface area contributed by atoms with Crippen LogP contribution in [-0.4, -0.2) is 12.5 Å². The van der Waals surface area contributed by atoms with Crippen LogP contribution in [0.1, 0.15) is 25.0 Å². The van der Waals surface area contributed by atoms with Crippen molar-refractivity contribution in [1.29, 1.82) is 0 Å². The molecule has 0 saturated carbocycles. The lowest BCUT2D eigenvalue weighted by atomic mass is 10.1. The van der Waals surface area contributed by atoms with Gasteiger partial charge in [0.1, 0.15) is 5.75 Å². The molecular formula is C19H25ClN2O2. The van der Waals surface area contributed by atoms with Crippen LogP contribution in [-0.2, 0) is 11.2 Å². The van der Waals surface area contributed by atoms with E-state index >= 15 is 0 Å². The van der Waals surface area contributed by atoms with Gasteiger partial charge in [-0.3, -0.25) is 4.79 Å². The van der Waals surface area contributed by atoms with Crippen LogP contribution in [0.4, 0.5) is 11.4 Å². The van der Waals surface area contributed by atoms with Crippen molar-refractivity contribution in [3.8, 4) is 5.75 Å². The van der Waals surface area contributed by atoms with Crippen molar-refractivity contribution in [2.24, 2.45) is 5.92 Å². The molecule has 0 heterocycles. The molecule has 130 valence electrons. The Bertz CT molecular complexity index is 670. The van der Waals surface area contributed by atoms with Gasteiger partial charge in [-0.25, -0.2) is 0 Å². The third-order valence-electron chi connectivity index (χ3n) is 3.41. The first-order chi connectivity index (χ1) is 10.9. The summed E-state index contributed by atoms with van der Waals surface area (Å²) in [6.45, 7) is 6.85. The number of hydrogen-bond donors (Lipinski definition) is 2. The number of ether oxygens (including phenoxy) is 1. The summed E-state index contributed by atoms with van der Waals surface area (Å²) < 4.78 is 5.64. The average molecular weight is 349 g/mol. The summed E-state index contributed by atoms with van der Waals surface area (Å²) in [6, 6.07) is 13.1. The van der Waals surface area contributed by atoms with E-state index in [4.69, 9.17) is 10.5 Å². The molecule has 2 aromatic carbocycles. The topological polar surface area (TPSA) is 64.3 Å². The molecule has 0 saturated heterocycles. The number of amides is 1. The largest absolute Gasteiger partial charge is 0.493 e. The molecular weight excluding hydrogens is 324 g/mol. The molecule has 24 heavy (non-hydrogen) atoms. The number of nitrogen functional groups attached to an aromatic ring is 1. The molecule has 0 atom stereocenters.